The summed E-state index contributed by atoms with van der Waals surface area (Å²) in [6.45, 7) is 0.247. The minimum atomic E-state index is -1.03. The molecule has 11 heteroatoms. The van der Waals surface area contributed by atoms with E-state index >= 15 is 0 Å². The van der Waals surface area contributed by atoms with Crippen LogP contribution in [0.2, 0.25) is 0 Å². The van der Waals surface area contributed by atoms with Crippen molar-refractivity contribution in [3.63, 3.8) is 0 Å². The van der Waals surface area contributed by atoms with E-state index in [2.05, 4.69) is 27.9 Å². The fourth-order valence-electron chi connectivity index (χ4n) is 3.81. The Balaban J connectivity index is 1.81. The number of nitrogens with one attached hydrogen (secondary N) is 2. The number of amides is 2. The summed E-state index contributed by atoms with van der Waals surface area (Å²) in [5, 5.41) is 3.55. The number of thiol groups is 1. The van der Waals surface area contributed by atoms with Crippen LogP contribution in [0.15, 0.2) is 59.6 Å². The Morgan fingerprint density at radius 3 is 2.61 bits per heavy atom. The summed E-state index contributed by atoms with van der Waals surface area (Å²) < 4.78 is 13.8. The number of hydrogen-bond donors (Lipinski definition) is 5. The first-order chi connectivity index (χ1) is 17.3. The summed E-state index contributed by atoms with van der Waals surface area (Å²) in [5.41, 5.74) is 12.3. The number of nitrogens with two attached hydrogens (primary N) is 2. The molecule has 0 fully saturated rings. The normalized spacial score (nSPS) is 12.5. The molecular weight excluding hydrogens is 483 g/mol. The van der Waals surface area contributed by atoms with Gasteiger partial charge < -0.3 is 31.5 Å². The van der Waals surface area contributed by atoms with Crippen LogP contribution in [0, 0.1) is 5.82 Å². The van der Waals surface area contributed by atoms with Gasteiger partial charge in [0.15, 0.2) is 5.96 Å². The van der Waals surface area contributed by atoms with Crippen molar-refractivity contribution in [1.29, 1.82) is 0 Å². The number of aromatic nitrogens is 1. The Labute approximate surface area is 213 Å². The van der Waals surface area contributed by atoms with Gasteiger partial charge in [0, 0.05) is 29.7 Å². The van der Waals surface area contributed by atoms with Crippen molar-refractivity contribution in [2.45, 2.75) is 31.5 Å². The van der Waals surface area contributed by atoms with Crippen LogP contribution in [-0.4, -0.2) is 58.3 Å². The Hall–Kier alpha value is -3.86. The zero-order chi connectivity index (χ0) is 26.1. The Kier molecular flexibility index (Phi) is 9.46. The quantitative estimate of drug-likeness (QED) is 0.0828. The largest absolute Gasteiger partial charge is 0.370 e. The monoisotopic (exact) mass is 512 g/mol. The predicted octanol–water partition coefficient (Wildman–Crippen LogP) is 1.99. The highest BCUT2D eigenvalue weighted by molar-refractivity contribution is 7.80. The van der Waals surface area contributed by atoms with Gasteiger partial charge in [-0.2, -0.15) is 12.6 Å². The summed E-state index contributed by atoms with van der Waals surface area (Å²) in [7, 11) is 0. The molecule has 1 aromatic heterocycles. The third-order valence-electron chi connectivity index (χ3n) is 5.60. The van der Waals surface area contributed by atoms with Crippen LogP contribution in [-0.2, 0) is 16.1 Å². The van der Waals surface area contributed by atoms with Crippen LogP contribution in [0.4, 0.5) is 4.39 Å². The lowest BCUT2D eigenvalue weighted by Gasteiger charge is -2.31. The van der Waals surface area contributed by atoms with E-state index in [9.17, 15) is 18.8 Å². The average Bonchev–Trinajstić information content (AvgIpc) is 3.30. The van der Waals surface area contributed by atoms with Gasteiger partial charge in [0.2, 0.25) is 5.91 Å². The van der Waals surface area contributed by atoms with Gasteiger partial charge in [-0.15, -0.1) is 0 Å². The van der Waals surface area contributed by atoms with E-state index < -0.39 is 29.7 Å². The van der Waals surface area contributed by atoms with Gasteiger partial charge >= 0.3 is 0 Å². The maximum absolute atomic E-state index is 13.8. The van der Waals surface area contributed by atoms with Crippen molar-refractivity contribution in [1.82, 2.24) is 15.2 Å². The molecule has 1 heterocycles. The number of carbonyl (C=O) groups is 3. The van der Waals surface area contributed by atoms with E-state index in [1.54, 1.807) is 12.1 Å². The Morgan fingerprint density at radius 2 is 1.94 bits per heavy atom. The molecule has 3 aromatic rings. The van der Waals surface area contributed by atoms with Gasteiger partial charge in [0.05, 0.1) is 6.04 Å². The van der Waals surface area contributed by atoms with Gasteiger partial charge in [-0.25, -0.2) is 4.39 Å². The van der Waals surface area contributed by atoms with Gasteiger partial charge in [-0.05, 0) is 42.7 Å². The van der Waals surface area contributed by atoms with Crippen molar-refractivity contribution in [3.8, 4) is 0 Å². The summed E-state index contributed by atoms with van der Waals surface area (Å²) in [6, 6.07) is 13.0. The standard InChI is InChI=1S/C25H29FN6O3S/c26-18-7-3-5-16(11-18)13-32(19(14-33)8-4-10-29-25(27)28)24(35)22(15-36)31-23(34)21-12-17-6-1-2-9-20(17)30-21/h1-3,5-7,9,11-12,14,19,22,30,36H,4,8,10,13,15H2,(H,31,34)(H4,27,28,29)/t19-,22?/m0/s1. The molecule has 1 unspecified atom stereocenters. The first kappa shape index (κ1) is 26.7. The number of guanidine groups is 1. The molecule has 0 saturated heterocycles. The number of carbonyl (C=O) groups excluding carboxylic acids is 3. The van der Waals surface area contributed by atoms with Crippen molar-refractivity contribution < 1.29 is 18.8 Å². The molecule has 2 amide bonds. The smallest absolute Gasteiger partial charge is 0.268 e. The number of para-hydroxylation sites is 1. The maximum Gasteiger partial charge on any atom is 0.268 e. The third-order valence-corrected chi connectivity index (χ3v) is 5.96. The first-order valence-electron chi connectivity index (χ1n) is 11.4. The molecule has 36 heavy (non-hydrogen) atoms. The molecule has 0 radical (unpaired) electrons. The van der Waals surface area contributed by atoms with Crippen LogP contribution in [0.25, 0.3) is 10.9 Å². The summed E-state index contributed by atoms with van der Waals surface area (Å²) in [4.78, 5) is 46.8. The fourth-order valence-corrected chi connectivity index (χ4v) is 4.06. The zero-order valence-corrected chi connectivity index (χ0v) is 20.5. The van der Waals surface area contributed by atoms with Crippen molar-refractivity contribution in [2.75, 3.05) is 12.3 Å². The number of halogens is 1. The summed E-state index contributed by atoms with van der Waals surface area (Å²) >= 11 is 4.27. The molecule has 0 aliphatic heterocycles. The average molecular weight is 513 g/mol. The number of nitrogens with zero attached hydrogens (tertiary/aromatic N) is 2. The van der Waals surface area contributed by atoms with Gasteiger partial charge in [-0.3, -0.25) is 14.6 Å². The first-order valence-corrected chi connectivity index (χ1v) is 12.0. The van der Waals surface area contributed by atoms with Gasteiger partial charge in [0.25, 0.3) is 5.91 Å². The van der Waals surface area contributed by atoms with Crippen molar-refractivity contribution >= 4 is 47.6 Å². The second-order valence-corrected chi connectivity index (χ2v) is 8.59. The lowest BCUT2D eigenvalue weighted by Crippen LogP contribution is -2.53. The highest BCUT2D eigenvalue weighted by Crippen LogP contribution is 2.17. The Morgan fingerprint density at radius 1 is 1.17 bits per heavy atom. The lowest BCUT2D eigenvalue weighted by atomic mass is 10.1. The summed E-state index contributed by atoms with van der Waals surface area (Å²) in [6.07, 6.45) is 1.36. The molecule has 2 aromatic carbocycles. The van der Waals surface area contributed by atoms with E-state index in [-0.39, 0.29) is 36.9 Å². The fraction of sp³-hybridized carbons (Fsp3) is 0.280. The van der Waals surface area contributed by atoms with E-state index in [1.165, 1.54) is 23.1 Å². The number of H-pyrrole nitrogens is 1. The number of fused-ring (bicyclic) bond motifs is 1. The highest BCUT2D eigenvalue weighted by Gasteiger charge is 2.30. The van der Waals surface area contributed by atoms with Crippen LogP contribution in [0.3, 0.4) is 0 Å². The molecule has 9 nitrogen and oxygen atoms in total. The number of hydrogen-bond acceptors (Lipinski definition) is 5. The van der Waals surface area contributed by atoms with Crippen LogP contribution >= 0.6 is 12.6 Å². The molecule has 0 aliphatic rings. The second-order valence-electron chi connectivity index (χ2n) is 8.23. The molecule has 2 atom stereocenters. The second kappa shape index (κ2) is 12.7. The minimum absolute atomic E-state index is 0.00989. The molecular formula is C25H29FN6O3S. The van der Waals surface area contributed by atoms with E-state index in [4.69, 9.17) is 11.5 Å². The topological polar surface area (TPSA) is 147 Å². The molecule has 190 valence electrons. The molecule has 0 bridgehead atoms. The SMILES string of the molecule is NC(N)=NCCC[C@@H](C=O)N(Cc1cccc(F)c1)C(=O)C(CS)NC(=O)c1cc2ccccc2[nH]1. The van der Waals surface area contributed by atoms with Crippen LogP contribution in [0.5, 0.6) is 0 Å². The van der Waals surface area contributed by atoms with Gasteiger partial charge in [0.1, 0.15) is 23.8 Å². The van der Waals surface area contributed by atoms with E-state index in [1.807, 2.05) is 24.3 Å². The molecule has 0 aliphatic carbocycles. The van der Waals surface area contributed by atoms with Crippen molar-refractivity contribution in [3.05, 3.63) is 71.7 Å². The molecule has 0 saturated carbocycles. The lowest BCUT2D eigenvalue weighted by molar-refractivity contribution is -0.138. The maximum atomic E-state index is 13.8. The van der Waals surface area contributed by atoms with Crippen LogP contribution < -0.4 is 16.8 Å². The number of aldehydes is 1. The van der Waals surface area contributed by atoms with Crippen LogP contribution in [0.1, 0.15) is 28.9 Å². The van der Waals surface area contributed by atoms with Gasteiger partial charge in [-0.1, -0.05) is 30.3 Å². The summed E-state index contributed by atoms with van der Waals surface area (Å²) in [5.74, 6) is -1.55. The van der Waals surface area contributed by atoms with E-state index in [0.29, 0.717) is 18.3 Å². The van der Waals surface area contributed by atoms with Crippen molar-refractivity contribution in [2.24, 2.45) is 16.5 Å². The predicted molar refractivity (Wildman–Crippen MR) is 140 cm³/mol. The van der Waals surface area contributed by atoms with E-state index in [0.717, 1.165) is 10.9 Å². The third kappa shape index (κ3) is 7.08. The number of rotatable bonds is 12. The highest BCUT2D eigenvalue weighted by atomic mass is 32.1. The Bertz CT molecular complexity index is 1210. The zero-order valence-electron chi connectivity index (χ0n) is 19.6. The number of aromatic amines is 1. The molecule has 3 rings (SSSR count). The minimum Gasteiger partial charge on any atom is -0.370 e. The molecule has 0 spiro atoms. The number of aliphatic imine (C=N–C) groups is 1. The molecule has 6 N–H and O–H groups in total. The number of benzene rings is 2.